The maximum absolute atomic E-state index is 14.6. The zero-order valence-corrected chi connectivity index (χ0v) is 25.8. The van der Waals surface area contributed by atoms with Crippen LogP contribution >= 0.6 is 0 Å². The number of anilines is 2. The molecule has 4 fully saturated rings. The molecule has 0 saturated carbocycles. The highest BCUT2D eigenvalue weighted by Gasteiger charge is 2.57. The average molecular weight is 619 g/mol. The van der Waals surface area contributed by atoms with Crippen LogP contribution in [-0.4, -0.2) is 96.8 Å². The molecule has 8 heterocycles. The van der Waals surface area contributed by atoms with Crippen LogP contribution in [0.4, 0.5) is 20.3 Å². The Kier molecular flexibility index (Phi) is 6.99. The SMILES string of the molecule is C=CC(=O)N1CCN(C2CN3c4cc(N5CCC6(CC5)OC5(CCOC5)c5nccc(C)c56)nc(C(F)F)c4C=CCC23)CC1. The van der Waals surface area contributed by atoms with Crippen LogP contribution in [0, 0.1) is 6.92 Å². The van der Waals surface area contributed by atoms with E-state index in [0.29, 0.717) is 56.8 Å². The molecule has 0 aliphatic carbocycles. The second kappa shape index (κ2) is 10.8. The minimum Gasteiger partial charge on any atom is -0.378 e. The van der Waals surface area contributed by atoms with Gasteiger partial charge in [0.15, 0.2) is 0 Å². The van der Waals surface area contributed by atoms with E-state index in [-0.39, 0.29) is 17.6 Å². The van der Waals surface area contributed by atoms with Crippen LogP contribution in [0.1, 0.15) is 60.2 Å². The number of fused-ring (bicyclic) bond motifs is 6. The molecule has 2 aromatic heterocycles. The quantitative estimate of drug-likeness (QED) is 0.473. The van der Waals surface area contributed by atoms with E-state index in [9.17, 15) is 13.6 Å². The number of nitrogens with zero attached hydrogens (tertiary/aromatic N) is 6. The molecule has 0 bridgehead atoms. The summed E-state index contributed by atoms with van der Waals surface area (Å²) in [6.45, 7) is 11.9. The van der Waals surface area contributed by atoms with Crippen LogP contribution in [0.15, 0.2) is 37.1 Å². The molecular weight excluding hydrogens is 578 g/mol. The Morgan fingerprint density at radius 1 is 1.11 bits per heavy atom. The van der Waals surface area contributed by atoms with Crippen molar-refractivity contribution in [2.75, 3.05) is 68.8 Å². The van der Waals surface area contributed by atoms with E-state index in [4.69, 9.17) is 14.5 Å². The van der Waals surface area contributed by atoms with E-state index >= 15 is 0 Å². The molecule has 1 amide bonds. The Labute approximate surface area is 262 Å². The van der Waals surface area contributed by atoms with Gasteiger partial charge in [0.25, 0.3) is 6.43 Å². The lowest BCUT2D eigenvalue weighted by Gasteiger charge is -2.55. The van der Waals surface area contributed by atoms with Gasteiger partial charge in [-0.1, -0.05) is 18.7 Å². The molecule has 8 rings (SSSR count). The number of piperazine rings is 1. The Balaban J connectivity index is 1.04. The fourth-order valence-electron chi connectivity index (χ4n) is 8.68. The third-order valence-electron chi connectivity index (χ3n) is 11.0. The van der Waals surface area contributed by atoms with Gasteiger partial charge in [-0.05, 0) is 43.9 Å². The third kappa shape index (κ3) is 4.52. The topological polar surface area (TPSA) is 74.3 Å². The van der Waals surface area contributed by atoms with E-state index in [2.05, 4.69) is 39.3 Å². The molecule has 9 nitrogen and oxygen atoms in total. The first-order valence-electron chi connectivity index (χ1n) is 16.2. The summed E-state index contributed by atoms with van der Waals surface area (Å²) in [5.41, 5.74) is 3.64. The van der Waals surface area contributed by atoms with Gasteiger partial charge >= 0.3 is 0 Å². The molecule has 6 aliphatic rings. The number of carbonyl (C=O) groups excluding carboxylic acids is 1. The number of alkyl halides is 2. The molecule has 0 N–H and O–H groups in total. The Hall–Kier alpha value is -3.41. The number of piperidine rings is 1. The van der Waals surface area contributed by atoms with Gasteiger partial charge in [-0.2, -0.15) is 0 Å². The van der Waals surface area contributed by atoms with Crippen LogP contribution in [-0.2, 0) is 25.5 Å². The van der Waals surface area contributed by atoms with Gasteiger partial charge in [0.05, 0.1) is 23.6 Å². The first-order valence-corrected chi connectivity index (χ1v) is 16.2. The smallest absolute Gasteiger partial charge is 0.281 e. The second-order valence-electron chi connectivity index (χ2n) is 13.3. The van der Waals surface area contributed by atoms with Crippen molar-refractivity contribution in [1.82, 2.24) is 19.8 Å². The minimum atomic E-state index is -2.68. The van der Waals surface area contributed by atoms with Crippen LogP contribution in [0.25, 0.3) is 6.08 Å². The summed E-state index contributed by atoms with van der Waals surface area (Å²) in [5, 5.41) is 0. The van der Waals surface area contributed by atoms with E-state index in [1.807, 2.05) is 29.3 Å². The Bertz CT molecular complexity index is 1540. The molecule has 2 aromatic rings. The standard InChI is InChI=1S/C34H40F2N6O3/c1-3-28(43)41-16-14-39(15-17-41)26-20-42-24(26)6-4-5-23-25(42)19-27(38-30(23)32(35)36)40-12-8-33(9-13-40)29-22(2)7-11-37-31(29)34(45-33)10-18-44-21-34/h3-5,7,11,19,24,26,32H,1,6,8-10,12-18,20-21H2,2H3. The lowest BCUT2D eigenvalue weighted by molar-refractivity contribution is -0.154. The molecule has 6 aliphatic heterocycles. The maximum Gasteiger partial charge on any atom is 0.281 e. The van der Waals surface area contributed by atoms with Gasteiger partial charge in [-0.15, -0.1) is 0 Å². The lowest BCUT2D eigenvalue weighted by Crippen LogP contribution is -2.69. The highest BCUT2D eigenvalue weighted by Crippen LogP contribution is 2.55. The number of hydrogen-bond acceptors (Lipinski definition) is 8. The molecule has 3 atom stereocenters. The fraction of sp³-hybridized carbons (Fsp3) is 0.559. The molecule has 3 unspecified atom stereocenters. The van der Waals surface area contributed by atoms with Crippen LogP contribution < -0.4 is 9.80 Å². The van der Waals surface area contributed by atoms with Gasteiger partial charge < -0.3 is 24.2 Å². The molecule has 2 spiro atoms. The number of aromatic nitrogens is 2. The average Bonchev–Trinajstić information content (AvgIpc) is 3.58. The Morgan fingerprint density at radius 2 is 1.91 bits per heavy atom. The van der Waals surface area contributed by atoms with Crippen LogP contribution in [0.2, 0.25) is 0 Å². The van der Waals surface area contributed by atoms with Crippen molar-refractivity contribution in [1.29, 1.82) is 0 Å². The van der Waals surface area contributed by atoms with Crippen molar-refractivity contribution < 1.29 is 23.0 Å². The van der Waals surface area contributed by atoms with Gasteiger partial charge in [-0.25, -0.2) is 13.8 Å². The van der Waals surface area contributed by atoms with Gasteiger partial charge in [-0.3, -0.25) is 14.7 Å². The largest absolute Gasteiger partial charge is 0.378 e. The molecule has 0 aromatic carbocycles. The third-order valence-corrected chi connectivity index (χ3v) is 11.0. The zero-order valence-electron chi connectivity index (χ0n) is 25.8. The maximum atomic E-state index is 14.6. The van der Waals surface area contributed by atoms with Crippen molar-refractivity contribution >= 4 is 23.5 Å². The van der Waals surface area contributed by atoms with E-state index in [0.717, 1.165) is 56.7 Å². The normalized spacial score (nSPS) is 28.7. The number of hydrogen-bond donors (Lipinski definition) is 0. The molecule has 11 heteroatoms. The summed E-state index contributed by atoms with van der Waals surface area (Å²) in [7, 11) is 0. The summed E-state index contributed by atoms with van der Waals surface area (Å²) >= 11 is 0. The molecule has 0 radical (unpaired) electrons. The molecular formula is C34H40F2N6O3. The van der Waals surface area contributed by atoms with Crippen molar-refractivity contribution in [3.8, 4) is 0 Å². The fourth-order valence-corrected chi connectivity index (χ4v) is 8.68. The Morgan fingerprint density at radius 3 is 2.62 bits per heavy atom. The van der Waals surface area contributed by atoms with E-state index in [1.54, 1.807) is 0 Å². The minimum absolute atomic E-state index is 0.0260. The first-order chi connectivity index (χ1) is 21.8. The van der Waals surface area contributed by atoms with E-state index < -0.39 is 17.6 Å². The molecule has 4 saturated heterocycles. The summed E-state index contributed by atoms with van der Waals surface area (Å²) in [4.78, 5) is 30.2. The number of ether oxygens (including phenoxy) is 2. The van der Waals surface area contributed by atoms with Crippen molar-refractivity contribution in [2.24, 2.45) is 0 Å². The predicted molar refractivity (Wildman–Crippen MR) is 166 cm³/mol. The van der Waals surface area contributed by atoms with Crippen molar-refractivity contribution in [3.05, 3.63) is 65.1 Å². The highest BCUT2D eigenvalue weighted by molar-refractivity contribution is 5.87. The van der Waals surface area contributed by atoms with Gasteiger partial charge in [0.1, 0.15) is 17.1 Å². The number of rotatable bonds is 4. The summed E-state index contributed by atoms with van der Waals surface area (Å²) in [6, 6.07) is 4.59. The zero-order chi connectivity index (χ0) is 30.9. The van der Waals surface area contributed by atoms with Crippen molar-refractivity contribution in [3.63, 3.8) is 0 Å². The first kappa shape index (κ1) is 29.0. The van der Waals surface area contributed by atoms with Crippen LogP contribution in [0.5, 0.6) is 0 Å². The summed E-state index contributed by atoms with van der Waals surface area (Å²) < 4.78 is 41.9. The number of aryl methyl sites for hydroxylation is 1. The van der Waals surface area contributed by atoms with Crippen molar-refractivity contribution in [2.45, 2.75) is 62.3 Å². The second-order valence-corrected chi connectivity index (χ2v) is 13.3. The number of carbonyl (C=O) groups is 1. The lowest BCUT2D eigenvalue weighted by atomic mass is 9.81. The summed E-state index contributed by atoms with van der Waals surface area (Å²) in [5.74, 6) is 0.579. The van der Waals surface area contributed by atoms with E-state index in [1.165, 1.54) is 17.2 Å². The number of pyridine rings is 2. The molecule has 45 heavy (non-hydrogen) atoms. The predicted octanol–water partition coefficient (Wildman–Crippen LogP) is 4.17. The van der Waals surface area contributed by atoms with Crippen LogP contribution in [0.3, 0.4) is 0 Å². The summed E-state index contributed by atoms with van der Waals surface area (Å²) in [6.07, 6.45) is 7.47. The number of halogens is 2. The monoisotopic (exact) mass is 618 g/mol. The van der Waals surface area contributed by atoms with Gasteiger partial charge in [0.2, 0.25) is 5.91 Å². The van der Waals surface area contributed by atoms with Gasteiger partial charge in [0, 0.05) is 94.3 Å². The molecule has 238 valence electrons. The highest BCUT2D eigenvalue weighted by atomic mass is 19.3. The number of amides is 1.